The number of thiocarbonyl (C=S) groups is 1. The van der Waals surface area contributed by atoms with Crippen molar-refractivity contribution in [1.29, 1.82) is 0 Å². The maximum absolute atomic E-state index is 11.9. The van der Waals surface area contributed by atoms with E-state index in [1.165, 1.54) is 5.56 Å². The van der Waals surface area contributed by atoms with Crippen molar-refractivity contribution < 1.29 is 14.3 Å². The van der Waals surface area contributed by atoms with E-state index in [4.69, 9.17) is 40.2 Å². The van der Waals surface area contributed by atoms with E-state index in [-0.39, 0.29) is 29.8 Å². The summed E-state index contributed by atoms with van der Waals surface area (Å²) in [4.78, 5) is 23.7. The molecular formula is C22H24Cl2N2O3S. The zero-order valence-electron chi connectivity index (χ0n) is 16.5. The third kappa shape index (κ3) is 9.57. The summed E-state index contributed by atoms with van der Waals surface area (Å²) in [6.07, 6.45) is 2.41. The van der Waals surface area contributed by atoms with Crippen molar-refractivity contribution in [3.8, 4) is 0 Å². The van der Waals surface area contributed by atoms with Gasteiger partial charge in [-0.2, -0.15) is 0 Å². The first-order chi connectivity index (χ1) is 14.4. The van der Waals surface area contributed by atoms with Crippen molar-refractivity contribution in [1.82, 2.24) is 10.6 Å². The second kappa shape index (κ2) is 13.2. The van der Waals surface area contributed by atoms with Crippen LogP contribution >= 0.6 is 35.4 Å². The molecule has 2 aromatic carbocycles. The molecule has 0 aliphatic heterocycles. The molecule has 0 unspecified atom stereocenters. The summed E-state index contributed by atoms with van der Waals surface area (Å²) in [6.45, 7) is 0.742. The van der Waals surface area contributed by atoms with Crippen LogP contribution in [-0.4, -0.2) is 23.6 Å². The van der Waals surface area contributed by atoms with E-state index in [9.17, 15) is 9.59 Å². The summed E-state index contributed by atoms with van der Waals surface area (Å²) in [5, 5.41) is 6.78. The molecule has 0 fully saturated rings. The lowest BCUT2D eigenvalue weighted by Gasteiger charge is -2.11. The molecule has 0 heterocycles. The van der Waals surface area contributed by atoms with Gasteiger partial charge in [0.05, 0.1) is 6.61 Å². The Balaban J connectivity index is 1.54. The molecule has 1 amide bonds. The number of benzene rings is 2. The lowest BCUT2D eigenvalue weighted by Crippen LogP contribution is -2.38. The van der Waals surface area contributed by atoms with E-state index in [1.807, 2.05) is 30.3 Å². The number of aryl methyl sites for hydroxylation is 1. The van der Waals surface area contributed by atoms with Crippen molar-refractivity contribution in [3.05, 3.63) is 69.7 Å². The SMILES string of the molecule is O=C(CCCC(=O)OCCCc1ccccc1)NC(=S)NCc1ccc(Cl)cc1Cl. The molecule has 2 N–H and O–H groups in total. The van der Waals surface area contributed by atoms with Gasteiger partial charge in [0.25, 0.3) is 0 Å². The fourth-order valence-corrected chi connectivity index (χ4v) is 3.31. The molecule has 30 heavy (non-hydrogen) atoms. The van der Waals surface area contributed by atoms with E-state index >= 15 is 0 Å². The van der Waals surface area contributed by atoms with Crippen LogP contribution in [0.2, 0.25) is 10.0 Å². The standard InChI is InChI=1S/C22H24Cl2N2O3S/c23-18-12-11-17(19(24)14-18)15-25-22(30)26-20(27)9-4-10-21(28)29-13-5-8-16-6-2-1-3-7-16/h1-3,6-7,11-12,14H,4-5,8-10,13,15H2,(H2,25,26,27,30). The topological polar surface area (TPSA) is 67.4 Å². The smallest absolute Gasteiger partial charge is 0.305 e. The molecule has 0 atom stereocenters. The second-order valence-electron chi connectivity index (χ2n) is 6.63. The first-order valence-electron chi connectivity index (χ1n) is 9.65. The number of rotatable bonds is 10. The summed E-state index contributed by atoms with van der Waals surface area (Å²) < 4.78 is 5.20. The minimum Gasteiger partial charge on any atom is -0.466 e. The van der Waals surface area contributed by atoms with Crippen LogP contribution in [0.15, 0.2) is 48.5 Å². The predicted octanol–water partition coefficient (Wildman–Crippen LogP) is 4.83. The first kappa shape index (κ1) is 24.1. The number of ether oxygens (including phenoxy) is 1. The Labute approximate surface area is 192 Å². The van der Waals surface area contributed by atoms with Crippen molar-refractivity contribution in [2.24, 2.45) is 0 Å². The van der Waals surface area contributed by atoms with Crippen LogP contribution in [0.1, 0.15) is 36.8 Å². The van der Waals surface area contributed by atoms with Gasteiger partial charge in [0.1, 0.15) is 0 Å². The van der Waals surface area contributed by atoms with Crippen LogP contribution in [0.5, 0.6) is 0 Å². The number of nitrogens with one attached hydrogen (secondary N) is 2. The molecule has 0 saturated carbocycles. The molecule has 0 aliphatic rings. The van der Waals surface area contributed by atoms with Gasteiger partial charge in [-0.3, -0.25) is 9.59 Å². The van der Waals surface area contributed by atoms with Crippen molar-refractivity contribution >= 4 is 52.4 Å². The zero-order chi connectivity index (χ0) is 21.8. The normalized spacial score (nSPS) is 10.3. The van der Waals surface area contributed by atoms with Crippen LogP contribution in [0.3, 0.4) is 0 Å². The van der Waals surface area contributed by atoms with Crippen LogP contribution in [0, 0.1) is 0 Å². The first-order valence-corrected chi connectivity index (χ1v) is 10.8. The highest BCUT2D eigenvalue weighted by atomic mass is 35.5. The minimum atomic E-state index is -0.297. The molecule has 5 nitrogen and oxygen atoms in total. The van der Waals surface area contributed by atoms with E-state index in [2.05, 4.69) is 10.6 Å². The molecule has 0 spiro atoms. The highest BCUT2D eigenvalue weighted by Gasteiger charge is 2.09. The fourth-order valence-electron chi connectivity index (χ4n) is 2.65. The lowest BCUT2D eigenvalue weighted by atomic mass is 10.1. The van der Waals surface area contributed by atoms with E-state index in [1.54, 1.807) is 18.2 Å². The summed E-state index contributed by atoms with van der Waals surface area (Å²) in [6, 6.07) is 15.2. The average Bonchev–Trinajstić information content (AvgIpc) is 2.71. The van der Waals surface area contributed by atoms with E-state index in [0.717, 1.165) is 18.4 Å². The zero-order valence-corrected chi connectivity index (χ0v) is 18.8. The monoisotopic (exact) mass is 466 g/mol. The van der Waals surface area contributed by atoms with Gasteiger partial charge in [0.15, 0.2) is 5.11 Å². The number of halogens is 2. The van der Waals surface area contributed by atoms with Gasteiger partial charge >= 0.3 is 5.97 Å². The van der Waals surface area contributed by atoms with Crippen molar-refractivity contribution in [2.75, 3.05) is 6.61 Å². The number of carbonyl (C=O) groups is 2. The van der Waals surface area contributed by atoms with Gasteiger partial charge in [0, 0.05) is 29.4 Å². The Morgan fingerprint density at radius 3 is 2.50 bits per heavy atom. The molecule has 2 rings (SSSR count). The Morgan fingerprint density at radius 1 is 1.00 bits per heavy atom. The molecule has 8 heteroatoms. The highest BCUT2D eigenvalue weighted by molar-refractivity contribution is 7.80. The number of hydrogen-bond acceptors (Lipinski definition) is 4. The van der Waals surface area contributed by atoms with Crippen molar-refractivity contribution in [2.45, 2.75) is 38.6 Å². The quantitative estimate of drug-likeness (QED) is 0.298. The Hall–Kier alpha value is -2.15. The van der Waals surface area contributed by atoms with Crippen LogP contribution in [0.4, 0.5) is 0 Å². The molecule has 0 aliphatic carbocycles. The van der Waals surface area contributed by atoms with Crippen molar-refractivity contribution in [3.63, 3.8) is 0 Å². The molecule has 0 radical (unpaired) electrons. The Morgan fingerprint density at radius 2 is 1.77 bits per heavy atom. The summed E-state index contributed by atoms with van der Waals surface area (Å²) in [7, 11) is 0. The van der Waals surface area contributed by atoms with Gasteiger partial charge in [-0.1, -0.05) is 59.6 Å². The molecule has 0 aromatic heterocycles. The third-order valence-electron chi connectivity index (χ3n) is 4.21. The van der Waals surface area contributed by atoms with Crippen LogP contribution < -0.4 is 10.6 Å². The van der Waals surface area contributed by atoms with Gasteiger partial charge in [-0.15, -0.1) is 0 Å². The Kier molecular flexibility index (Phi) is 10.6. The maximum Gasteiger partial charge on any atom is 0.305 e. The van der Waals surface area contributed by atoms with Gasteiger partial charge < -0.3 is 15.4 Å². The fraction of sp³-hybridized carbons (Fsp3) is 0.318. The molecule has 160 valence electrons. The number of hydrogen-bond donors (Lipinski definition) is 2. The molecule has 0 saturated heterocycles. The maximum atomic E-state index is 11.9. The molecule has 0 bridgehead atoms. The average molecular weight is 467 g/mol. The number of amides is 1. The largest absolute Gasteiger partial charge is 0.466 e. The van der Waals surface area contributed by atoms with Gasteiger partial charge in [0.2, 0.25) is 5.91 Å². The molecular weight excluding hydrogens is 443 g/mol. The predicted molar refractivity (Wildman–Crippen MR) is 124 cm³/mol. The minimum absolute atomic E-state index is 0.183. The van der Waals surface area contributed by atoms with Gasteiger partial charge in [-0.05, 0) is 54.7 Å². The highest BCUT2D eigenvalue weighted by Crippen LogP contribution is 2.20. The van der Waals surface area contributed by atoms with Crippen LogP contribution in [-0.2, 0) is 27.3 Å². The second-order valence-corrected chi connectivity index (χ2v) is 7.88. The third-order valence-corrected chi connectivity index (χ3v) is 5.04. The summed E-state index contributed by atoms with van der Waals surface area (Å²) in [5.74, 6) is -0.555. The summed E-state index contributed by atoms with van der Waals surface area (Å²) >= 11 is 17.1. The molecule has 2 aromatic rings. The number of carbonyl (C=O) groups excluding carboxylic acids is 2. The van der Waals surface area contributed by atoms with E-state index < -0.39 is 0 Å². The number of esters is 1. The van der Waals surface area contributed by atoms with E-state index in [0.29, 0.717) is 29.6 Å². The van der Waals surface area contributed by atoms with Gasteiger partial charge in [-0.25, -0.2) is 0 Å². The lowest BCUT2D eigenvalue weighted by molar-refractivity contribution is -0.143. The Bertz CT molecular complexity index is 863. The van der Waals surface area contributed by atoms with Crippen LogP contribution in [0.25, 0.3) is 0 Å². The summed E-state index contributed by atoms with van der Waals surface area (Å²) in [5.41, 5.74) is 2.03.